The molecule has 0 spiro atoms. The molecule has 0 amide bonds. The fraction of sp³-hybridized carbons (Fsp3) is 0.222. The molecule has 2 nitrogen and oxygen atoms in total. The molecular weight excluding hydrogens is 178 g/mol. The Balaban J connectivity index is 0.000000130. The standard InChI is InChI=1S/C6H4.C3H4F2O2/c1-2-6-4-3-5(1)6;4-1-2(5)3(6)7/h1-4H;2H,1H2,(H,6,7). The summed E-state index contributed by atoms with van der Waals surface area (Å²) in [6, 6.07) is 8.48. The van der Waals surface area contributed by atoms with Gasteiger partial charge in [-0.1, -0.05) is 24.3 Å². The van der Waals surface area contributed by atoms with Gasteiger partial charge in [0.1, 0.15) is 6.67 Å². The first kappa shape index (κ1) is 9.64. The number of hydrogen-bond acceptors (Lipinski definition) is 1. The predicted molar refractivity (Wildman–Crippen MR) is 43.9 cm³/mol. The lowest BCUT2D eigenvalue weighted by Crippen LogP contribution is -2.15. The molecule has 1 N–H and O–H groups in total. The highest BCUT2D eigenvalue weighted by molar-refractivity contribution is 5.75. The van der Waals surface area contributed by atoms with E-state index in [1.165, 1.54) is 11.1 Å². The van der Waals surface area contributed by atoms with Crippen molar-refractivity contribution in [3.63, 3.8) is 0 Å². The molecule has 0 aliphatic heterocycles. The molecule has 1 atom stereocenters. The maximum Gasteiger partial charge on any atom is 0.341 e. The minimum atomic E-state index is -2.35. The van der Waals surface area contributed by atoms with Crippen molar-refractivity contribution in [2.75, 3.05) is 6.67 Å². The van der Waals surface area contributed by atoms with E-state index in [2.05, 4.69) is 24.3 Å². The number of fused-ring (bicyclic) bond motifs is 1. The molecule has 2 aliphatic carbocycles. The number of aliphatic carboxylic acids is 1. The summed E-state index contributed by atoms with van der Waals surface area (Å²) in [5.74, 6) is -1.75. The lowest BCUT2D eigenvalue weighted by atomic mass is 9.95. The quantitative estimate of drug-likeness (QED) is 0.779. The number of alkyl halides is 2. The van der Waals surface area contributed by atoms with Crippen LogP contribution in [0.1, 0.15) is 0 Å². The van der Waals surface area contributed by atoms with Crippen molar-refractivity contribution >= 4 is 5.97 Å². The second kappa shape index (κ2) is 3.98. The summed E-state index contributed by atoms with van der Waals surface area (Å²) in [5.41, 5.74) is 2.85. The fourth-order valence-corrected chi connectivity index (χ4v) is 0.729. The minimum absolute atomic E-state index is 1.43. The van der Waals surface area contributed by atoms with Gasteiger partial charge in [-0.2, -0.15) is 0 Å². The van der Waals surface area contributed by atoms with Gasteiger partial charge in [0.2, 0.25) is 6.17 Å². The van der Waals surface area contributed by atoms with Crippen LogP contribution in [0.4, 0.5) is 8.78 Å². The summed E-state index contributed by atoms with van der Waals surface area (Å²) < 4.78 is 22.2. The van der Waals surface area contributed by atoms with Crippen LogP contribution in [-0.2, 0) is 4.79 Å². The van der Waals surface area contributed by atoms with E-state index in [4.69, 9.17) is 5.11 Å². The molecule has 0 bridgehead atoms. The molecule has 0 aromatic carbocycles. The van der Waals surface area contributed by atoms with Crippen LogP contribution in [0.3, 0.4) is 0 Å². The Bertz CT molecular complexity index is 274. The van der Waals surface area contributed by atoms with Gasteiger partial charge in [0.05, 0.1) is 0 Å². The average molecular weight is 186 g/mol. The molecule has 0 radical (unpaired) electrons. The van der Waals surface area contributed by atoms with Crippen LogP contribution in [0.5, 0.6) is 0 Å². The molecule has 70 valence electrons. The predicted octanol–water partition coefficient (Wildman–Crippen LogP) is 2.05. The van der Waals surface area contributed by atoms with E-state index in [-0.39, 0.29) is 0 Å². The van der Waals surface area contributed by atoms with Gasteiger partial charge in [-0.3, -0.25) is 0 Å². The highest BCUT2D eigenvalue weighted by Crippen LogP contribution is 2.29. The molecule has 2 rings (SSSR count). The minimum Gasteiger partial charge on any atom is -0.479 e. The van der Waals surface area contributed by atoms with Crippen LogP contribution in [0, 0.1) is 0 Å². The lowest BCUT2D eigenvalue weighted by Gasteiger charge is -2.10. The number of carboxylic acids is 1. The Kier molecular flexibility index (Phi) is 2.95. The fourth-order valence-electron chi connectivity index (χ4n) is 0.729. The van der Waals surface area contributed by atoms with Crippen molar-refractivity contribution in [3.05, 3.63) is 24.3 Å². The topological polar surface area (TPSA) is 37.3 Å². The third-order valence-electron chi connectivity index (χ3n) is 1.62. The highest BCUT2D eigenvalue weighted by atomic mass is 19.2. The number of carbonyl (C=O) groups is 1. The second-order valence-electron chi connectivity index (χ2n) is 2.54. The maximum atomic E-state index is 11.3. The molecule has 0 aromatic heterocycles. The van der Waals surface area contributed by atoms with Crippen LogP contribution < -0.4 is 0 Å². The summed E-state index contributed by atoms with van der Waals surface area (Å²) in [6.07, 6.45) is -2.35. The van der Waals surface area contributed by atoms with Crippen LogP contribution in [0.2, 0.25) is 0 Å². The first-order valence-corrected chi connectivity index (χ1v) is 3.68. The summed E-state index contributed by atoms with van der Waals surface area (Å²) in [4.78, 5) is 9.32. The average Bonchev–Trinajstić information content (AvgIpc) is 2.10. The molecule has 2 aliphatic rings. The molecule has 0 saturated heterocycles. The lowest BCUT2D eigenvalue weighted by molar-refractivity contribution is -0.143. The highest BCUT2D eigenvalue weighted by Gasteiger charge is 2.13. The molecule has 0 aromatic rings. The second-order valence-corrected chi connectivity index (χ2v) is 2.54. The SMILES string of the molecule is O=C(O)C(F)CF.c1cc2ccc1-2. The Morgan fingerprint density at radius 1 is 1.31 bits per heavy atom. The van der Waals surface area contributed by atoms with Gasteiger partial charge in [0, 0.05) is 0 Å². The summed E-state index contributed by atoms with van der Waals surface area (Å²) in [7, 11) is 0. The first-order chi connectivity index (χ1) is 6.15. The van der Waals surface area contributed by atoms with Gasteiger partial charge in [-0.25, -0.2) is 13.6 Å². The van der Waals surface area contributed by atoms with Gasteiger partial charge in [0.25, 0.3) is 0 Å². The van der Waals surface area contributed by atoms with E-state index in [1.54, 1.807) is 0 Å². The van der Waals surface area contributed by atoms with Crippen LogP contribution >= 0.6 is 0 Å². The van der Waals surface area contributed by atoms with E-state index in [9.17, 15) is 13.6 Å². The van der Waals surface area contributed by atoms with E-state index in [0.717, 1.165) is 0 Å². The molecule has 13 heavy (non-hydrogen) atoms. The van der Waals surface area contributed by atoms with Crippen LogP contribution in [-0.4, -0.2) is 23.9 Å². The zero-order valence-electron chi connectivity index (χ0n) is 6.71. The largest absolute Gasteiger partial charge is 0.479 e. The zero-order chi connectivity index (χ0) is 9.84. The number of benzene rings is 1. The third-order valence-corrected chi connectivity index (χ3v) is 1.62. The van der Waals surface area contributed by atoms with E-state index < -0.39 is 18.8 Å². The normalized spacial score (nSPS) is 12.5. The van der Waals surface area contributed by atoms with Crippen molar-refractivity contribution in [2.45, 2.75) is 6.17 Å². The summed E-state index contributed by atoms with van der Waals surface area (Å²) in [6.45, 7) is -1.45. The summed E-state index contributed by atoms with van der Waals surface area (Å²) in [5, 5.41) is 7.57. The third kappa shape index (κ3) is 2.24. The van der Waals surface area contributed by atoms with Crippen LogP contribution in [0.25, 0.3) is 11.1 Å². The summed E-state index contributed by atoms with van der Waals surface area (Å²) >= 11 is 0. The smallest absolute Gasteiger partial charge is 0.341 e. The van der Waals surface area contributed by atoms with Crippen molar-refractivity contribution in [2.24, 2.45) is 0 Å². The number of halogens is 2. The van der Waals surface area contributed by atoms with Crippen molar-refractivity contribution in [1.82, 2.24) is 0 Å². The van der Waals surface area contributed by atoms with Crippen molar-refractivity contribution < 1.29 is 18.7 Å². The Morgan fingerprint density at radius 2 is 1.69 bits per heavy atom. The van der Waals surface area contributed by atoms with Gasteiger partial charge < -0.3 is 5.11 Å². The number of rotatable bonds is 2. The molecule has 0 saturated carbocycles. The molecular formula is C9H8F2O2. The Labute approximate surface area is 73.8 Å². The first-order valence-electron chi connectivity index (χ1n) is 3.68. The van der Waals surface area contributed by atoms with Gasteiger partial charge in [-0.15, -0.1) is 0 Å². The number of hydrogen-bond donors (Lipinski definition) is 1. The monoisotopic (exact) mass is 186 g/mol. The van der Waals surface area contributed by atoms with Crippen molar-refractivity contribution in [3.8, 4) is 11.1 Å². The van der Waals surface area contributed by atoms with E-state index in [0.29, 0.717) is 0 Å². The molecule has 1 unspecified atom stereocenters. The number of carboxylic acid groups (broad SMARTS) is 1. The molecule has 0 fully saturated rings. The van der Waals surface area contributed by atoms with Gasteiger partial charge >= 0.3 is 5.97 Å². The van der Waals surface area contributed by atoms with E-state index >= 15 is 0 Å². The Hall–Kier alpha value is -1.45. The Morgan fingerprint density at radius 3 is 1.69 bits per heavy atom. The molecule has 0 heterocycles. The zero-order valence-corrected chi connectivity index (χ0v) is 6.71. The molecule has 4 heteroatoms. The van der Waals surface area contributed by atoms with E-state index in [1.807, 2.05) is 0 Å². The van der Waals surface area contributed by atoms with Crippen LogP contribution in [0.15, 0.2) is 24.3 Å². The van der Waals surface area contributed by atoms with Crippen molar-refractivity contribution in [1.29, 1.82) is 0 Å². The van der Waals surface area contributed by atoms with Gasteiger partial charge in [0.15, 0.2) is 0 Å². The maximum absolute atomic E-state index is 11.3. The van der Waals surface area contributed by atoms with Gasteiger partial charge in [-0.05, 0) is 11.1 Å².